The summed E-state index contributed by atoms with van der Waals surface area (Å²) < 4.78 is 40.9. The molecule has 3 rings (SSSR count). The highest BCUT2D eigenvalue weighted by Gasteiger charge is 2.66. The van der Waals surface area contributed by atoms with E-state index in [0.29, 0.717) is 9.90 Å². The molecule has 1 aliphatic heterocycles. The van der Waals surface area contributed by atoms with Gasteiger partial charge in [0, 0.05) is 15.5 Å². The third-order valence-electron chi connectivity index (χ3n) is 4.07. The first-order valence-corrected chi connectivity index (χ1v) is 8.60. The van der Waals surface area contributed by atoms with Crippen LogP contribution < -0.4 is 10.6 Å². The maximum Gasteiger partial charge on any atom is 0.437 e. The SMILES string of the molecule is O=C1N[C@H](c2cccs2)[C@@H](C(=O)c2ccc(Cl)cc2)[C@](O)(C(F)(F)F)N1. The summed E-state index contributed by atoms with van der Waals surface area (Å²) in [5.74, 6) is -3.01. The van der Waals surface area contributed by atoms with Gasteiger partial charge in [-0.1, -0.05) is 17.7 Å². The summed E-state index contributed by atoms with van der Waals surface area (Å²) in [4.78, 5) is 25.0. The molecule has 3 atom stereocenters. The number of urea groups is 1. The summed E-state index contributed by atoms with van der Waals surface area (Å²) >= 11 is 6.82. The molecule has 1 aliphatic rings. The number of nitrogens with one attached hydrogen (secondary N) is 2. The van der Waals surface area contributed by atoms with E-state index >= 15 is 0 Å². The lowest BCUT2D eigenvalue weighted by Crippen LogP contribution is -2.72. The minimum absolute atomic E-state index is 0.0680. The number of halogens is 4. The lowest BCUT2D eigenvalue weighted by Gasteiger charge is -2.44. The fourth-order valence-corrected chi connectivity index (χ4v) is 3.78. The zero-order valence-electron chi connectivity index (χ0n) is 12.9. The zero-order chi connectivity index (χ0) is 19.1. The molecular weight excluding hydrogens is 393 g/mol. The Hall–Kier alpha value is -2.10. The second kappa shape index (κ2) is 6.57. The Kier molecular flexibility index (Phi) is 4.72. The maximum absolute atomic E-state index is 13.6. The summed E-state index contributed by atoms with van der Waals surface area (Å²) in [5, 5.41) is 16.0. The average Bonchev–Trinajstić information content (AvgIpc) is 3.07. The molecule has 26 heavy (non-hydrogen) atoms. The van der Waals surface area contributed by atoms with Crippen molar-refractivity contribution in [1.82, 2.24) is 10.6 Å². The lowest BCUT2D eigenvalue weighted by molar-refractivity contribution is -0.287. The van der Waals surface area contributed by atoms with Gasteiger partial charge >= 0.3 is 12.2 Å². The highest BCUT2D eigenvalue weighted by Crippen LogP contribution is 2.44. The molecule has 2 aromatic rings. The van der Waals surface area contributed by atoms with Crippen molar-refractivity contribution in [2.24, 2.45) is 5.92 Å². The van der Waals surface area contributed by atoms with Gasteiger partial charge < -0.3 is 15.7 Å². The Morgan fingerprint density at radius 2 is 1.88 bits per heavy atom. The second-order valence-corrected chi connectivity index (χ2v) is 7.12. The topological polar surface area (TPSA) is 78.4 Å². The number of hydrogen-bond donors (Lipinski definition) is 3. The Morgan fingerprint density at radius 1 is 1.23 bits per heavy atom. The molecular formula is C16H12ClF3N2O3S. The first-order chi connectivity index (χ1) is 12.1. The van der Waals surface area contributed by atoms with Crippen LogP contribution in [0.4, 0.5) is 18.0 Å². The van der Waals surface area contributed by atoms with Crippen LogP contribution in [0.5, 0.6) is 0 Å². The fraction of sp³-hybridized carbons (Fsp3) is 0.250. The van der Waals surface area contributed by atoms with Crippen LogP contribution in [0.1, 0.15) is 21.3 Å². The molecule has 2 heterocycles. The van der Waals surface area contributed by atoms with Crippen LogP contribution in [-0.2, 0) is 0 Å². The number of alkyl halides is 3. The third kappa shape index (κ3) is 3.17. The molecule has 10 heteroatoms. The maximum atomic E-state index is 13.6. The molecule has 0 aliphatic carbocycles. The molecule has 0 unspecified atom stereocenters. The van der Waals surface area contributed by atoms with Crippen molar-refractivity contribution in [2.75, 3.05) is 0 Å². The zero-order valence-corrected chi connectivity index (χ0v) is 14.5. The van der Waals surface area contributed by atoms with E-state index < -0.39 is 35.7 Å². The smallest absolute Gasteiger partial charge is 0.363 e. The van der Waals surface area contributed by atoms with E-state index in [1.165, 1.54) is 35.6 Å². The number of amides is 2. The Bertz CT molecular complexity index is 826. The van der Waals surface area contributed by atoms with Gasteiger partial charge in [-0.15, -0.1) is 11.3 Å². The highest BCUT2D eigenvalue weighted by atomic mass is 35.5. The molecule has 1 aromatic heterocycles. The van der Waals surface area contributed by atoms with Crippen molar-refractivity contribution < 1.29 is 27.9 Å². The number of ketones is 1. The molecule has 1 fully saturated rings. The normalized spacial score (nSPS) is 26.1. The first-order valence-electron chi connectivity index (χ1n) is 7.34. The quantitative estimate of drug-likeness (QED) is 0.685. The molecule has 0 radical (unpaired) electrons. The molecule has 1 aromatic carbocycles. The lowest BCUT2D eigenvalue weighted by atomic mass is 9.79. The van der Waals surface area contributed by atoms with E-state index in [-0.39, 0.29) is 5.56 Å². The summed E-state index contributed by atoms with van der Waals surface area (Å²) in [6.07, 6.45) is -5.27. The number of aliphatic hydroxyl groups is 1. The van der Waals surface area contributed by atoms with Crippen LogP contribution in [0, 0.1) is 5.92 Å². The summed E-state index contributed by atoms with van der Waals surface area (Å²) in [6, 6.07) is 5.74. The van der Waals surface area contributed by atoms with Gasteiger partial charge in [0.1, 0.15) is 5.92 Å². The average molecular weight is 405 g/mol. The summed E-state index contributed by atoms with van der Waals surface area (Å²) in [5.41, 5.74) is -3.79. The van der Waals surface area contributed by atoms with Crippen LogP contribution in [-0.4, -0.2) is 28.8 Å². The van der Waals surface area contributed by atoms with Gasteiger partial charge in [0.25, 0.3) is 0 Å². The van der Waals surface area contributed by atoms with Crippen molar-refractivity contribution in [1.29, 1.82) is 0 Å². The number of thiophene rings is 1. The van der Waals surface area contributed by atoms with Gasteiger partial charge in [0.2, 0.25) is 5.72 Å². The van der Waals surface area contributed by atoms with E-state index in [2.05, 4.69) is 5.32 Å². The number of carbonyl (C=O) groups excluding carboxylic acids is 2. The number of hydrogen-bond acceptors (Lipinski definition) is 4. The standard InChI is InChI=1S/C16H12ClF3N2O3S/c17-9-5-3-8(4-6-9)13(23)11-12(10-2-1-7-26-10)21-14(24)22-15(11,25)16(18,19)20/h1-7,11-12,25H,(H2,21,22,24)/t11-,12+,15-/m0/s1. The minimum atomic E-state index is -5.27. The van der Waals surface area contributed by atoms with Crippen molar-refractivity contribution in [3.05, 3.63) is 57.2 Å². The van der Waals surface area contributed by atoms with Crippen molar-refractivity contribution in [2.45, 2.75) is 17.9 Å². The number of rotatable bonds is 3. The first kappa shape index (κ1) is 18.7. The van der Waals surface area contributed by atoms with Gasteiger partial charge in [-0.25, -0.2) is 4.79 Å². The van der Waals surface area contributed by atoms with E-state index in [4.69, 9.17) is 11.6 Å². The second-order valence-electron chi connectivity index (χ2n) is 5.70. The molecule has 2 amide bonds. The molecule has 1 saturated heterocycles. The van der Waals surface area contributed by atoms with Crippen LogP contribution in [0.15, 0.2) is 41.8 Å². The monoisotopic (exact) mass is 404 g/mol. The Balaban J connectivity index is 2.13. The van der Waals surface area contributed by atoms with Gasteiger partial charge in [-0.05, 0) is 35.7 Å². The predicted molar refractivity (Wildman–Crippen MR) is 89.0 cm³/mol. The van der Waals surface area contributed by atoms with Crippen LogP contribution in [0.25, 0.3) is 0 Å². The van der Waals surface area contributed by atoms with Gasteiger partial charge in [0.15, 0.2) is 5.78 Å². The Morgan fingerprint density at radius 3 is 2.42 bits per heavy atom. The predicted octanol–water partition coefficient (Wildman–Crippen LogP) is 3.51. The fourth-order valence-electron chi connectivity index (χ4n) is 2.84. The molecule has 138 valence electrons. The number of benzene rings is 1. The van der Waals surface area contributed by atoms with E-state index in [0.717, 1.165) is 11.3 Å². The van der Waals surface area contributed by atoms with Gasteiger partial charge in [-0.3, -0.25) is 4.79 Å². The van der Waals surface area contributed by atoms with Crippen LogP contribution in [0.3, 0.4) is 0 Å². The van der Waals surface area contributed by atoms with Gasteiger partial charge in [0.05, 0.1) is 6.04 Å². The molecule has 0 saturated carbocycles. The van der Waals surface area contributed by atoms with Crippen LogP contribution in [0.2, 0.25) is 5.02 Å². The van der Waals surface area contributed by atoms with E-state index in [9.17, 15) is 27.9 Å². The van der Waals surface area contributed by atoms with E-state index in [1.807, 2.05) is 0 Å². The minimum Gasteiger partial charge on any atom is -0.363 e. The van der Waals surface area contributed by atoms with Crippen molar-refractivity contribution in [3.63, 3.8) is 0 Å². The van der Waals surface area contributed by atoms with Gasteiger partial charge in [-0.2, -0.15) is 13.2 Å². The number of carbonyl (C=O) groups is 2. The van der Waals surface area contributed by atoms with Crippen molar-refractivity contribution >= 4 is 34.8 Å². The highest BCUT2D eigenvalue weighted by molar-refractivity contribution is 7.10. The Labute approximate surface area is 154 Å². The summed E-state index contributed by atoms with van der Waals surface area (Å²) in [7, 11) is 0. The molecule has 0 bridgehead atoms. The van der Waals surface area contributed by atoms with Crippen LogP contribution >= 0.6 is 22.9 Å². The largest absolute Gasteiger partial charge is 0.437 e. The number of Topliss-reactive ketones (excluding diaryl/α,β-unsaturated/α-hetero) is 1. The molecule has 3 N–H and O–H groups in total. The molecule has 0 spiro atoms. The summed E-state index contributed by atoms with van der Waals surface area (Å²) in [6.45, 7) is 0. The molecule has 5 nitrogen and oxygen atoms in total. The van der Waals surface area contributed by atoms with E-state index in [1.54, 1.807) is 11.4 Å². The van der Waals surface area contributed by atoms with Crippen molar-refractivity contribution in [3.8, 4) is 0 Å². The third-order valence-corrected chi connectivity index (χ3v) is 5.27.